The number of benzene rings is 2. The topological polar surface area (TPSA) is 21.3 Å². The summed E-state index contributed by atoms with van der Waals surface area (Å²) in [7, 11) is 0. The molecule has 3 heteroatoms. The van der Waals surface area contributed by atoms with Crippen LogP contribution < -0.4 is 10.1 Å². The van der Waals surface area contributed by atoms with Gasteiger partial charge in [-0.2, -0.15) is 0 Å². The lowest BCUT2D eigenvalue weighted by atomic mass is 10.1. The minimum Gasteiger partial charge on any atom is -0.490 e. The normalized spacial score (nSPS) is 12.1. The molecular weight excluding hydrogens is 282 g/mol. The van der Waals surface area contributed by atoms with E-state index in [1.54, 1.807) is 0 Å². The summed E-state index contributed by atoms with van der Waals surface area (Å²) < 4.78 is 5.96. The van der Waals surface area contributed by atoms with E-state index >= 15 is 0 Å². The number of halogens is 1. The maximum atomic E-state index is 6.16. The van der Waals surface area contributed by atoms with E-state index in [-0.39, 0.29) is 6.10 Å². The smallest absolute Gasteiger partial charge is 0.124 e. The average molecular weight is 304 g/mol. The summed E-state index contributed by atoms with van der Waals surface area (Å²) >= 11 is 6.16. The second kappa shape index (κ2) is 8.06. The van der Waals surface area contributed by atoms with Crippen LogP contribution in [0.1, 0.15) is 31.4 Å². The van der Waals surface area contributed by atoms with Gasteiger partial charge in [0, 0.05) is 23.7 Å². The van der Waals surface area contributed by atoms with Crippen molar-refractivity contribution in [2.45, 2.75) is 39.5 Å². The van der Waals surface area contributed by atoms with Crippen molar-refractivity contribution in [2.75, 3.05) is 0 Å². The second-order valence-electron chi connectivity index (χ2n) is 5.14. The number of rotatable bonds is 7. The molecule has 1 N–H and O–H groups in total. The van der Waals surface area contributed by atoms with Crippen molar-refractivity contribution in [1.82, 2.24) is 5.32 Å². The zero-order chi connectivity index (χ0) is 15.1. The molecule has 0 aliphatic heterocycles. The lowest BCUT2D eigenvalue weighted by Crippen LogP contribution is -2.16. The lowest BCUT2D eigenvalue weighted by Gasteiger charge is -2.16. The molecule has 2 aromatic rings. The zero-order valence-corrected chi connectivity index (χ0v) is 13.4. The van der Waals surface area contributed by atoms with E-state index in [1.165, 1.54) is 5.56 Å². The van der Waals surface area contributed by atoms with Gasteiger partial charge in [0.25, 0.3) is 0 Å². The fourth-order valence-corrected chi connectivity index (χ4v) is 2.24. The first-order valence-corrected chi connectivity index (χ1v) is 7.77. The Hall–Kier alpha value is -1.51. The van der Waals surface area contributed by atoms with Gasteiger partial charge >= 0.3 is 0 Å². The predicted molar refractivity (Wildman–Crippen MR) is 88.8 cm³/mol. The van der Waals surface area contributed by atoms with E-state index in [0.29, 0.717) is 0 Å². The van der Waals surface area contributed by atoms with Gasteiger partial charge in [-0.05, 0) is 31.0 Å². The molecule has 21 heavy (non-hydrogen) atoms. The summed E-state index contributed by atoms with van der Waals surface area (Å²) in [6.45, 7) is 5.73. The summed E-state index contributed by atoms with van der Waals surface area (Å²) in [5.74, 6) is 0.957. The Morgan fingerprint density at radius 3 is 2.33 bits per heavy atom. The van der Waals surface area contributed by atoms with Crippen LogP contribution in [-0.2, 0) is 13.1 Å². The minimum absolute atomic E-state index is 0.231. The molecule has 1 unspecified atom stereocenters. The first-order valence-electron chi connectivity index (χ1n) is 7.39. The van der Waals surface area contributed by atoms with Gasteiger partial charge in [-0.1, -0.05) is 54.9 Å². The highest BCUT2D eigenvalue weighted by molar-refractivity contribution is 6.31. The van der Waals surface area contributed by atoms with Gasteiger partial charge in [-0.3, -0.25) is 0 Å². The predicted octanol–water partition coefficient (Wildman–Crippen LogP) is 4.81. The molecule has 2 rings (SSSR count). The Morgan fingerprint density at radius 1 is 1.00 bits per heavy atom. The van der Waals surface area contributed by atoms with Crippen LogP contribution in [0.3, 0.4) is 0 Å². The average Bonchev–Trinajstić information content (AvgIpc) is 2.50. The molecule has 0 heterocycles. The molecule has 2 aromatic carbocycles. The first kappa shape index (κ1) is 15.9. The number of hydrogen-bond donors (Lipinski definition) is 1. The highest BCUT2D eigenvalue weighted by Gasteiger charge is 2.06. The maximum absolute atomic E-state index is 6.16. The first-order chi connectivity index (χ1) is 10.2. The second-order valence-corrected chi connectivity index (χ2v) is 5.55. The SMILES string of the molecule is CCC(C)Oc1ccccc1CNCc1ccccc1Cl. The fourth-order valence-electron chi connectivity index (χ4n) is 2.04. The van der Waals surface area contributed by atoms with Crippen molar-refractivity contribution >= 4 is 11.6 Å². The third-order valence-corrected chi connectivity index (χ3v) is 3.83. The molecule has 0 aliphatic carbocycles. The van der Waals surface area contributed by atoms with Gasteiger partial charge in [0.15, 0.2) is 0 Å². The third-order valence-electron chi connectivity index (χ3n) is 3.46. The largest absolute Gasteiger partial charge is 0.490 e. The molecule has 0 amide bonds. The molecule has 1 atom stereocenters. The number of para-hydroxylation sites is 1. The van der Waals surface area contributed by atoms with Gasteiger partial charge in [0.05, 0.1) is 6.10 Å². The Balaban J connectivity index is 1.95. The van der Waals surface area contributed by atoms with E-state index in [4.69, 9.17) is 16.3 Å². The van der Waals surface area contributed by atoms with Gasteiger partial charge in [0.1, 0.15) is 5.75 Å². The molecule has 0 aliphatic rings. The van der Waals surface area contributed by atoms with Crippen molar-refractivity contribution in [2.24, 2.45) is 0 Å². The van der Waals surface area contributed by atoms with Crippen LogP contribution >= 0.6 is 11.6 Å². The molecule has 0 radical (unpaired) electrons. The van der Waals surface area contributed by atoms with Crippen molar-refractivity contribution in [1.29, 1.82) is 0 Å². The lowest BCUT2D eigenvalue weighted by molar-refractivity contribution is 0.215. The van der Waals surface area contributed by atoms with E-state index in [2.05, 4.69) is 25.2 Å². The van der Waals surface area contributed by atoms with E-state index in [9.17, 15) is 0 Å². The minimum atomic E-state index is 0.231. The Labute approximate surface area is 132 Å². The molecule has 0 saturated heterocycles. The molecule has 0 aromatic heterocycles. The molecule has 2 nitrogen and oxygen atoms in total. The van der Waals surface area contributed by atoms with Crippen LogP contribution in [0, 0.1) is 0 Å². The summed E-state index contributed by atoms with van der Waals surface area (Å²) in [6, 6.07) is 16.1. The van der Waals surface area contributed by atoms with Crippen molar-refractivity contribution < 1.29 is 4.74 Å². The molecular formula is C18H22ClNO. The van der Waals surface area contributed by atoms with Crippen molar-refractivity contribution in [3.8, 4) is 5.75 Å². The van der Waals surface area contributed by atoms with Crippen LogP contribution in [-0.4, -0.2) is 6.10 Å². The van der Waals surface area contributed by atoms with Crippen LogP contribution in [0.5, 0.6) is 5.75 Å². The van der Waals surface area contributed by atoms with E-state index in [1.807, 2.05) is 42.5 Å². The maximum Gasteiger partial charge on any atom is 0.124 e. The standard InChI is InChI=1S/C18H22ClNO/c1-3-14(2)21-18-11-7-5-9-16(18)13-20-12-15-8-4-6-10-17(15)19/h4-11,14,20H,3,12-13H2,1-2H3. The van der Waals surface area contributed by atoms with E-state index < -0.39 is 0 Å². The quantitative estimate of drug-likeness (QED) is 0.793. The Morgan fingerprint density at radius 2 is 1.62 bits per heavy atom. The molecule has 0 fully saturated rings. The fraction of sp³-hybridized carbons (Fsp3) is 0.333. The van der Waals surface area contributed by atoms with E-state index in [0.717, 1.165) is 35.8 Å². The molecule has 0 spiro atoms. The third kappa shape index (κ3) is 4.76. The summed E-state index contributed by atoms with van der Waals surface area (Å²) in [5.41, 5.74) is 2.28. The van der Waals surface area contributed by atoms with Gasteiger partial charge in [0.2, 0.25) is 0 Å². The number of ether oxygens (including phenoxy) is 1. The Bertz CT molecular complexity index is 571. The van der Waals surface area contributed by atoms with Crippen LogP contribution in [0.15, 0.2) is 48.5 Å². The van der Waals surface area contributed by atoms with Crippen molar-refractivity contribution in [3.63, 3.8) is 0 Å². The van der Waals surface area contributed by atoms with Crippen LogP contribution in [0.25, 0.3) is 0 Å². The van der Waals surface area contributed by atoms with Gasteiger partial charge in [-0.15, -0.1) is 0 Å². The van der Waals surface area contributed by atoms with Crippen LogP contribution in [0.4, 0.5) is 0 Å². The van der Waals surface area contributed by atoms with Crippen molar-refractivity contribution in [3.05, 3.63) is 64.7 Å². The zero-order valence-electron chi connectivity index (χ0n) is 12.6. The summed E-state index contributed by atoms with van der Waals surface area (Å²) in [4.78, 5) is 0. The highest BCUT2D eigenvalue weighted by atomic mass is 35.5. The number of nitrogens with one attached hydrogen (secondary N) is 1. The Kier molecular flexibility index (Phi) is 6.09. The summed E-state index contributed by atoms with van der Waals surface area (Å²) in [5, 5.41) is 4.23. The molecule has 112 valence electrons. The highest BCUT2D eigenvalue weighted by Crippen LogP contribution is 2.20. The van der Waals surface area contributed by atoms with Crippen LogP contribution in [0.2, 0.25) is 5.02 Å². The molecule has 0 bridgehead atoms. The monoisotopic (exact) mass is 303 g/mol. The number of hydrogen-bond acceptors (Lipinski definition) is 2. The van der Waals surface area contributed by atoms with Gasteiger partial charge in [-0.25, -0.2) is 0 Å². The molecule has 0 saturated carbocycles. The van der Waals surface area contributed by atoms with Gasteiger partial charge < -0.3 is 10.1 Å². The summed E-state index contributed by atoms with van der Waals surface area (Å²) in [6.07, 6.45) is 1.23.